The number of nitro groups is 1. The lowest BCUT2D eigenvalue weighted by Gasteiger charge is -2.36. The highest BCUT2D eigenvalue weighted by Gasteiger charge is 2.25. The number of amides is 2. The van der Waals surface area contributed by atoms with Crippen LogP contribution < -0.4 is 15.0 Å². The first-order valence-corrected chi connectivity index (χ1v) is 11.0. The predicted octanol–water partition coefficient (Wildman–Crippen LogP) is 3.71. The zero-order valence-electron chi connectivity index (χ0n) is 18.7. The van der Waals surface area contributed by atoms with Crippen molar-refractivity contribution in [1.29, 1.82) is 0 Å². The summed E-state index contributed by atoms with van der Waals surface area (Å²) >= 11 is 0. The van der Waals surface area contributed by atoms with Crippen LogP contribution in [0.15, 0.2) is 72.8 Å². The van der Waals surface area contributed by atoms with Crippen LogP contribution in [0, 0.1) is 15.9 Å². The molecule has 0 saturated carbocycles. The number of nitrogens with zero attached hydrogens (tertiary/aromatic N) is 3. The first-order chi connectivity index (χ1) is 16.9. The van der Waals surface area contributed by atoms with Gasteiger partial charge in [0.2, 0.25) is 0 Å². The summed E-state index contributed by atoms with van der Waals surface area (Å²) in [6.07, 6.45) is 0. The highest BCUT2D eigenvalue weighted by Crippen LogP contribution is 2.24. The van der Waals surface area contributed by atoms with E-state index in [4.69, 9.17) is 4.74 Å². The third kappa shape index (κ3) is 5.72. The zero-order chi connectivity index (χ0) is 24.8. The number of carbonyl (C=O) groups excluding carboxylic acids is 2. The van der Waals surface area contributed by atoms with Crippen molar-refractivity contribution in [2.24, 2.45) is 0 Å². The monoisotopic (exact) mass is 478 g/mol. The van der Waals surface area contributed by atoms with Crippen LogP contribution in [0.5, 0.6) is 5.75 Å². The maximum Gasteiger partial charge on any atom is 0.271 e. The second kappa shape index (κ2) is 10.6. The molecule has 1 fully saturated rings. The minimum atomic E-state index is -0.555. The number of piperazine rings is 1. The van der Waals surface area contributed by atoms with Gasteiger partial charge in [0.25, 0.3) is 17.5 Å². The van der Waals surface area contributed by atoms with Crippen LogP contribution in [-0.2, 0) is 4.79 Å². The van der Waals surface area contributed by atoms with Crippen LogP contribution in [0.25, 0.3) is 0 Å². The van der Waals surface area contributed by atoms with Crippen LogP contribution in [0.4, 0.5) is 21.5 Å². The van der Waals surface area contributed by atoms with Crippen molar-refractivity contribution in [2.75, 3.05) is 43.0 Å². The van der Waals surface area contributed by atoms with Crippen LogP contribution in [0.3, 0.4) is 0 Å². The second-order valence-electron chi connectivity index (χ2n) is 7.87. The van der Waals surface area contributed by atoms with E-state index in [-0.39, 0.29) is 29.6 Å². The fraction of sp³-hybridized carbons (Fsp3) is 0.200. The Morgan fingerprint density at radius 3 is 2.43 bits per heavy atom. The van der Waals surface area contributed by atoms with Gasteiger partial charge >= 0.3 is 0 Å². The van der Waals surface area contributed by atoms with Gasteiger partial charge in [-0.15, -0.1) is 0 Å². The van der Waals surface area contributed by atoms with E-state index in [2.05, 4.69) is 5.32 Å². The lowest BCUT2D eigenvalue weighted by atomic mass is 10.1. The number of anilines is 2. The highest BCUT2D eigenvalue weighted by molar-refractivity contribution is 5.97. The Morgan fingerprint density at radius 1 is 0.971 bits per heavy atom. The normalized spacial score (nSPS) is 13.3. The molecule has 4 rings (SSSR count). The molecule has 3 aromatic rings. The minimum Gasteiger partial charge on any atom is -0.483 e. The van der Waals surface area contributed by atoms with Crippen molar-refractivity contribution in [3.8, 4) is 5.75 Å². The van der Waals surface area contributed by atoms with Gasteiger partial charge in [0.1, 0.15) is 11.6 Å². The number of hydrogen-bond donors (Lipinski definition) is 1. The van der Waals surface area contributed by atoms with Gasteiger partial charge in [-0.25, -0.2) is 4.39 Å². The fourth-order valence-electron chi connectivity index (χ4n) is 3.80. The smallest absolute Gasteiger partial charge is 0.271 e. The molecule has 1 aliphatic heterocycles. The number of nitro benzene ring substituents is 1. The van der Waals surface area contributed by atoms with Crippen molar-refractivity contribution in [3.63, 3.8) is 0 Å². The molecular formula is C25H23FN4O5. The molecule has 0 aliphatic carbocycles. The summed E-state index contributed by atoms with van der Waals surface area (Å²) in [6.45, 7) is 1.48. The molecule has 35 heavy (non-hydrogen) atoms. The van der Waals surface area contributed by atoms with Crippen molar-refractivity contribution >= 4 is 28.9 Å². The Balaban J connectivity index is 1.36. The van der Waals surface area contributed by atoms with Crippen LogP contribution in [0.2, 0.25) is 0 Å². The Morgan fingerprint density at radius 2 is 1.69 bits per heavy atom. The van der Waals surface area contributed by atoms with E-state index in [1.165, 1.54) is 30.3 Å². The number of non-ortho nitro benzene ring substituents is 1. The summed E-state index contributed by atoms with van der Waals surface area (Å²) in [6, 6.07) is 18.8. The summed E-state index contributed by atoms with van der Waals surface area (Å²) in [4.78, 5) is 39.7. The van der Waals surface area contributed by atoms with Gasteiger partial charge in [-0.1, -0.05) is 30.3 Å². The molecule has 9 nitrogen and oxygen atoms in total. The molecule has 1 saturated heterocycles. The van der Waals surface area contributed by atoms with E-state index in [9.17, 15) is 24.1 Å². The quantitative estimate of drug-likeness (QED) is 0.410. The molecule has 1 heterocycles. The molecule has 0 spiro atoms. The first-order valence-electron chi connectivity index (χ1n) is 11.0. The van der Waals surface area contributed by atoms with Gasteiger partial charge in [0, 0.05) is 44.0 Å². The third-order valence-corrected chi connectivity index (χ3v) is 5.60. The molecular weight excluding hydrogens is 455 g/mol. The average molecular weight is 478 g/mol. The van der Waals surface area contributed by atoms with Crippen LogP contribution in [-0.4, -0.2) is 54.4 Å². The number of nitrogens with one attached hydrogen (secondary N) is 1. The Bertz CT molecular complexity index is 1240. The topological polar surface area (TPSA) is 105 Å². The maximum atomic E-state index is 13.7. The van der Waals surface area contributed by atoms with E-state index in [0.29, 0.717) is 31.7 Å². The van der Waals surface area contributed by atoms with Crippen LogP contribution in [0.1, 0.15) is 10.4 Å². The second-order valence-corrected chi connectivity index (χ2v) is 7.87. The summed E-state index contributed by atoms with van der Waals surface area (Å²) in [5.41, 5.74) is 1.11. The van der Waals surface area contributed by atoms with Gasteiger partial charge in [0.15, 0.2) is 6.61 Å². The van der Waals surface area contributed by atoms with Crippen molar-refractivity contribution in [3.05, 3.63) is 94.3 Å². The van der Waals surface area contributed by atoms with E-state index in [1.807, 2.05) is 4.90 Å². The SMILES string of the molecule is O=C(COc1ccccc1C(=O)N1CCN(c2cccc([N+](=O)[O-])c2)CC1)Nc1ccccc1F. The van der Waals surface area contributed by atoms with Crippen LogP contribution >= 0.6 is 0 Å². The van der Waals surface area contributed by atoms with Gasteiger partial charge in [-0.3, -0.25) is 19.7 Å². The Kier molecular flexibility index (Phi) is 7.20. The van der Waals surface area contributed by atoms with E-state index >= 15 is 0 Å². The molecule has 0 unspecified atom stereocenters. The van der Waals surface area contributed by atoms with Gasteiger partial charge < -0.3 is 19.9 Å². The molecule has 2 amide bonds. The molecule has 10 heteroatoms. The highest BCUT2D eigenvalue weighted by atomic mass is 19.1. The van der Waals surface area contributed by atoms with E-state index < -0.39 is 16.6 Å². The summed E-state index contributed by atoms with van der Waals surface area (Å²) in [5, 5.41) is 13.5. The predicted molar refractivity (Wildman–Crippen MR) is 128 cm³/mol. The fourth-order valence-corrected chi connectivity index (χ4v) is 3.80. The van der Waals surface area contributed by atoms with Gasteiger partial charge in [-0.2, -0.15) is 0 Å². The number of benzene rings is 3. The summed E-state index contributed by atoms with van der Waals surface area (Å²) < 4.78 is 19.3. The van der Waals surface area contributed by atoms with Crippen molar-refractivity contribution in [2.45, 2.75) is 0 Å². The maximum absolute atomic E-state index is 13.7. The minimum absolute atomic E-state index is 0.0196. The largest absolute Gasteiger partial charge is 0.483 e. The lowest BCUT2D eigenvalue weighted by molar-refractivity contribution is -0.384. The third-order valence-electron chi connectivity index (χ3n) is 5.60. The van der Waals surface area contributed by atoms with Gasteiger partial charge in [-0.05, 0) is 30.3 Å². The molecule has 0 atom stereocenters. The standard InChI is InChI=1S/C25H23FN4O5/c26-21-9-2-3-10-22(21)27-24(31)17-35-23-11-4-1-8-20(23)25(32)29-14-12-28(13-15-29)18-6-5-7-19(16-18)30(33)34/h1-11,16H,12-15,17H2,(H,27,31). The van der Waals surface area contributed by atoms with E-state index in [0.717, 1.165) is 5.69 Å². The van der Waals surface area contributed by atoms with E-state index in [1.54, 1.807) is 47.4 Å². The first kappa shape index (κ1) is 23.7. The average Bonchev–Trinajstić information content (AvgIpc) is 2.89. The molecule has 0 aromatic heterocycles. The molecule has 0 bridgehead atoms. The number of halogens is 1. The molecule has 0 radical (unpaired) electrons. The Hall–Kier alpha value is -4.47. The number of rotatable bonds is 7. The number of carbonyl (C=O) groups is 2. The zero-order valence-corrected chi connectivity index (χ0v) is 18.7. The summed E-state index contributed by atoms with van der Waals surface area (Å²) in [5.74, 6) is -1.10. The molecule has 3 aromatic carbocycles. The van der Waals surface area contributed by atoms with Crippen molar-refractivity contribution < 1.29 is 23.6 Å². The summed E-state index contributed by atoms with van der Waals surface area (Å²) in [7, 11) is 0. The van der Waals surface area contributed by atoms with Crippen molar-refractivity contribution in [1.82, 2.24) is 4.90 Å². The lowest BCUT2D eigenvalue weighted by Crippen LogP contribution is -2.48. The number of hydrogen-bond acceptors (Lipinski definition) is 6. The number of para-hydroxylation sites is 2. The number of ether oxygens (including phenoxy) is 1. The van der Waals surface area contributed by atoms with Gasteiger partial charge in [0.05, 0.1) is 16.2 Å². The Labute approximate surface area is 200 Å². The molecule has 180 valence electrons. The molecule has 1 N–H and O–H groups in total. The molecule has 1 aliphatic rings.